The van der Waals surface area contributed by atoms with Crippen LogP contribution in [-0.4, -0.2) is 13.5 Å². The maximum atomic E-state index is 5.94. The van der Waals surface area contributed by atoms with Crippen LogP contribution < -0.4 is 0 Å². The zero-order chi connectivity index (χ0) is 8.91. The molecular formula is C6H6Cl5. The van der Waals surface area contributed by atoms with Gasteiger partial charge in [0.15, 0.2) is 8.67 Å². The average Bonchev–Trinajstić information content (AvgIpc) is 2.12. The van der Waals surface area contributed by atoms with Gasteiger partial charge in [-0.2, -0.15) is 0 Å². The Kier molecular flexibility index (Phi) is 2.60. The fourth-order valence-electron chi connectivity index (χ4n) is 0.944. The van der Waals surface area contributed by atoms with Crippen molar-refractivity contribution in [2.75, 3.05) is 0 Å². The third kappa shape index (κ3) is 1.10. The Bertz CT molecular complexity index is 160. The van der Waals surface area contributed by atoms with E-state index in [9.17, 15) is 0 Å². The normalized spacial score (nSPS) is 30.0. The summed E-state index contributed by atoms with van der Waals surface area (Å²) >= 11 is 29.0. The molecule has 0 aromatic rings. The van der Waals surface area contributed by atoms with E-state index in [1.807, 2.05) is 6.92 Å². The monoisotopic (exact) mass is 253 g/mol. The van der Waals surface area contributed by atoms with Gasteiger partial charge in [0.05, 0.1) is 0 Å². The van der Waals surface area contributed by atoms with Gasteiger partial charge in [0, 0.05) is 0 Å². The van der Waals surface area contributed by atoms with Crippen molar-refractivity contribution in [3.63, 3.8) is 0 Å². The van der Waals surface area contributed by atoms with Crippen LogP contribution in [0.3, 0.4) is 0 Å². The van der Waals surface area contributed by atoms with Gasteiger partial charge in [-0.05, 0) is 6.42 Å². The fraction of sp³-hybridized carbons (Fsp3) is 0.833. The molecule has 0 nitrogen and oxygen atoms in total. The lowest BCUT2D eigenvalue weighted by Gasteiger charge is -2.04. The van der Waals surface area contributed by atoms with Crippen LogP contribution in [0.15, 0.2) is 0 Å². The molecule has 0 spiro atoms. The molecule has 0 unspecified atom stereocenters. The minimum atomic E-state index is -1.26. The Balaban J connectivity index is 2.78. The van der Waals surface area contributed by atoms with Crippen LogP contribution >= 0.6 is 58.0 Å². The van der Waals surface area contributed by atoms with E-state index in [4.69, 9.17) is 58.0 Å². The van der Waals surface area contributed by atoms with E-state index >= 15 is 0 Å². The molecule has 0 aromatic carbocycles. The molecule has 0 bridgehead atoms. The molecule has 1 fully saturated rings. The van der Waals surface area contributed by atoms with Gasteiger partial charge in [-0.1, -0.05) is 59.7 Å². The highest BCUT2D eigenvalue weighted by Gasteiger charge is 2.86. The van der Waals surface area contributed by atoms with Crippen molar-refractivity contribution < 1.29 is 0 Å². The Morgan fingerprint density at radius 3 is 1.45 bits per heavy atom. The molecule has 1 radical (unpaired) electrons. The molecule has 1 aliphatic carbocycles. The van der Waals surface area contributed by atoms with Crippen molar-refractivity contribution in [1.82, 2.24) is 0 Å². The molecule has 0 saturated heterocycles. The molecule has 0 N–H and O–H groups in total. The number of alkyl halides is 5. The van der Waals surface area contributed by atoms with Gasteiger partial charge in [-0.15, -0.1) is 11.6 Å². The third-order valence-electron chi connectivity index (χ3n) is 1.73. The van der Waals surface area contributed by atoms with Gasteiger partial charge in [-0.25, -0.2) is 0 Å². The van der Waals surface area contributed by atoms with Crippen molar-refractivity contribution in [2.45, 2.75) is 26.9 Å². The van der Waals surface area contributed by atoms with Crippen LogP contribution in [0.1, 0.15) is 13.3 Å². The number of rotatable bonds is 2. The standard InChI is InChI=1S/C6H6Cl5/c1-2-3-4(7)5(8,9)6(4,10)11/h3H,2H2,1H3. The lowest BCUT2D eigenvalue weighted by molar-refractivity contribution is 0.918. The molecule has 0 heterocycles. The van der Waals surface area contributed by atoms with Gasteiger partial charge in [0.1, 0.15) is 4.87 Å². The van der Waals surface area contributed by atoms with E-state index in [1.165, 1.54) is 0 Å². The van der Waals surface area contributed by atoms with Crippen molar-refractivity contribution >= 4 is 58.0 Å². The Morgan fingerprint density at radius 2 is 1.36 bits per heavy atom. The lowest BCUT2D eigenvalue weighted by atomic mass is 10.2. The third-order valence-corrected chi connectivity index (χ3v) is 5.55. The highest BCUT2D eigenvalue weighted by molar-refractivity contribution is 6.75. The van der Waals surface area contributed by atoms with Crippen LogP contribution in [0.2, 0.25) is 0 Å². The smallest absolute Gasteiger partial charge is 0.112 e. The second-order valence-corrected chi connectivity index (χ2v) is 5.72. The lowest BCUT2D eigenvalue weighted by Crippen LogP contribution is -2.10. The summed E-state index contributed by atoms with van der Waals surface area (Å²) in [5, 5.41) is 0. The SMILES string of the molecule is CC[CH]C1(Cl)C(Cl)(Cl)C1(Cl)Cl. The van der Waals surface area contributed by atoms with Crippen LogP contribution in [0.25, 0.3) is 0 Å². The zero-order valence-electron chi connectivity index (χ0n) is 5.67. The Labute approximate surface area is 91.1 Å². The van der Waals surface area contributed by atoms with Crippen LogP contribution in [0.5, 0.6) is 0 Å². The first-order chi connectivity index (χ1) is 4.81. The maximum absolute atomic E-state index is 5.94. The molecule has 5 heteroatoms. The van der Waals surface area contributed by atoms with Crippen LogP contribution in [0.4, 0.5) is 0 Å². The van der Waals surface area contributed by atoms with Crippen molar-refractivity contribution in [2.24, 2.45) is 0 Å². The van der Waals surface area contributed by atoms with Crippen molar-refractivity contribution in [3.05, 3.63) is 6.42 Å². The van der Waals surface area contributed by atoms with E-state index in [0.717, 1.165) is 6.42 Å². The topological polar surface area (TPSA) is 0 Å². The number of hydrogen-bond donors (Lipinski definition) is 0. The fourth-order valence-corrected chi connectivity index (χ4v) is 3.00. The van der Waals surface area contributed by atoms with Gasteiger partial charge in [-0.3, -0.25) is 0 Å². The largest absolute Gasteiger partial charge is 0.175 e. The van der Waals surface area contributed by atoms with Crippen LogP contribution in [-0.2, 0) is 0 Å². The first kappa shape index (κ1) is 10.5. The second-order valence-electron chi connectivity index (χ2n) is 2.47. The molecule has 1 saturated carbocycles. The van der Waals surface area contributed by atoms with Gasteiger partial charge < -0.3 is 0 Å². The molecule has 0 amide bonds. The minimum Gasteiger partial charge on any atom is -0.112 e. The maximum Gasteiger partial charge on any atom is 0.175 e. The summed E-state index contributed by atoms with van der Waals surface area (Å²) in [6.07, 6.45) is 2.44. The van der Waals surface area contributed by atoms with Gasteiger partial charge >= 0.3 is 0 Å². The molecule has 1 aliphatic rings. The zero-order valence-corrected chi connectivity index (χ0v) is 9.45. The first-order valence-electron chi connectivity index (χ1n) is 3.10. The van der Waals surface area contributed by atoms with Gasteiger partial charge in [0.25, 0.3) is 0 Å². The van der Waals surface area contributed by atoms with Crippen molar-refractivity contribution in [3.8, 4) is 0 Å². The molecule has 0 aromatic heterocycles. The molecule has 65 valence electrons. The summed E-state index contributed by atoms with van der Waals surface area (Å²) in [5.41, 5.74) is 0. The number of halogens is 5. The van der Waals surface area contributed by atoms with E-state index in [1.54, 1.807) is 6.42 Å². The molecular weight excluding hydrogens is 249 g/mol. The highest BCUT2D eigenvalue weighted by atomic mass is 35.5. The van der Waals surface area contributed by atoms with Gasteiger partial charge in [0.2, 0.25) is 0 Å². The summed E-state index contributed by atoms with van der Waals surface area (Å²) in [6, 6.07) is 0. The second kappa shape index (κ2) is 2.72. The summed E-state index contributed by atoms with van der Waals surface area (Å²) in [7, 11) is 0. The Hall–Kier alpha value is 1.45. The summed E-state index contributed by atoms with van der Waals surface area (Å²) < 4.78 is -2.53. The highest BCUT2D eigenvalue weighted by Crippen LogP contribution is 2.76. The predicted molar refractivity (Wildman–Crippen MR) is 52.0 cm³/mol. The van der Waals surface area contributed by atoms with E-state index in [0.29, 0.717) is 0 Å². The van der Waals surface area contributed by atoms with E-state index < -0.39 is 13.5 Å². The molecule has 1 rings (SSSR count). The summed E-state index contributed by atoms with van der Waals surface area (Å²) in [4.78, 5) is -0.999. The summed E-state index contributed by atoms with van der Waals surface area (Å²) in [5.74, 6) is 0. The molecule has 11 heavy (non-hydrogen) atoms. The Morgan fingerprint density at radius 1 is 1.00 bits per heavy atom. The quantitative estimate of drug-likeness (QED) is 0.656. The molecule has 0 aliphatic heterocycles. The summed E-state index contributed by atoms with van der Waals surface area (Å²) in [6.45, 7) is 1.91. The predicted octanol–water partition coefficient (Wildman–Crippen LogP) is 3.94. The minimum absolute atomic E-state index is 0.728. The van der Waals surface area contributed by atoms with E-state index in [-0.39, 0.29) is 0 Å². The van der Waals surface area contributed by atoms with Crippen molar-refractivity contribution in [1.29, 1.82) is 0 Å². The first-order valence-corrected chi connectivity index (χ1v) is 4.99. The van der Waals surface area contributed by atoms with E-state index in [2.05, 4.69) is 0 Å². The number of hydrogen-bond acceptors (Lipinski definition) is 0. The van der Waals surface area contributed by atoms with Crippen LogP contribution in [0, 0.1) is 6.42 Å². The average molecular weight is 255 g/mol. The molecule has 0 atom stereocenters.